The minimum Gasteiger partial charge on any atom is -0.449 e. The number of nitro groups is 1. The minimum atomic E-state index is -0.908. The maximum Gasteiger partial charge on any atom is 0.339 e. The van der Waals surface area contributed by atoms with Gasteiger partial charge in [-0.1, -0.05) is 11.6 Å². The van der Waals surface area contributed by atoms with Crippen molar-refractivity contribution in [2.75, 3.05) is 0 Å². The number of hydrogen-bond acceptors (Lipinski definition) is 7. The lowest BCUT2D eigenvalue weighted by Crippen LogP contribution is -2.10. The van der Waals surface area contributed by atoms with Crippen molar-refractivity contribution < 1.29 is 23.3 Å². The van der Waals surface area contributed by atoms with Gasteiger partial charge < -0.3 is 9.15 Å². The summed E-state index contributed by atoms with van der Waals surface area (Å²) >= 11 is 5.72. The zero-order valence-electron chi connectivity index (χ0n) is 13.8. The molecule has 2 aromatic carbocycles. The van der Waals surface area contributed by atoms with Gasteiger partial charge in [-0.15, -0.1) is 10.2 Å². The van der Waals surface area contributed by atoms with Crippen molar-refractivity contribution in [2.24, 2.45) is 0 Å². The zero-order valence-corrected chi connectivity index (χ0v) is 14.5. The Bertz CT molecular complexity index is 1010. The van der Waals surface area contributed by atoms with Crippen molar-refractivity contribution in [1.29, 1.82) is 0 Å². The van der Waals surface area contributed by atoms with Gasteiger partial charge in [0.2, 0.25) is 5.89 Å². The molecule has 0 bridgehead atoms. The van der Waals surface area contributed by atoms with E-state index in [4.69, 9.17) is 20.8 Å². The summed E-state index contributed by atoms with van der Waals surface area (Å²) in [6.07, 6.45) is -0.908. The second-order valence-corrected chi connectivity index (χ2v) is 5.83. The van der Waals surface area contributed by atoms with Crippen LogP contribution in [0.15, 0.2) is 46.9 Å². The van der Waals surface area contributed by atoms with E-state index in [0.29, 0.717) is 5.56 Å². The van der Waals surface area contributed by atoms with Gasteiger partial charge >= 0.3 is 5.97 Å². The van der Waals surface area contributed by atoms with Gasteiger partial charge in [0.15, 0.2) is 6.10 Å². The van der Waals surface area contributed by atoms with E-state index in [1.807, 2.05) is 0 Å². The van der Waals surface area contributed by atoms with E-state index in [2.05, 4.69) is 10.2 Å². The number of halogens is 2. The van der Waals surface area contributed by atoms with Crippen LogP contribution in [0.5, 0.6) is 0 Å². The van der Waals surface area contributed by atoms with Crippen LogP contribution in [-0.2, 0) is 4.74 Å². The first-order chi connectivity index (χ1) is 12.8. The number of ether oxygens (including phenoxy) is 1. The summed E-state index contributed by atoms with van der Waals surface area (Å²) in [6.45, 7) is 1.50. The van der Waals surface area contributed by atoms with Crippen molar-refractivity contribution >= 4 is 23.3 Å². The van der Waals surface area contributed by atoms with E-state index in [9.17, 15) is 19.3 Å². The number of benzene rings is 2. The monoisotopic (exact) mass is 391 g/mol. The molecule has 0 aliphatic carbocycles. The van der Waals surface area contributed by atoms with Gasteiger partial charge in [-0.25, -0.2) is 9.18 Å². The summed E-state index contributed by atoms with van der Waals surface area (Å²) in [5.41, 5.74) is 0.0494. The van der Waals surface area contributed by atoms with Gasteiger partial charge in [0.25, 0.3) is 11.6 Å². The third kappa shape index (κ3) is 4.09. The summed E-state index contributed by atoms with van der Waals surface area (Å²) < 4.78 is 23.6. The van der Waals surface area contributed by atoms with E-state index in [0.717, 1.165) is 6.07 Å². The van der Waals surface area contributed by atoms with Gasteiger partial charge in [-0.05, 0) is 43.3 Å². The Morgan fingerprint density at radius 1 is 1.26 bits per heavy atom. The van der Waals surface area contributed by atoms with Crippen LogP contribution in [-0.4, -0.2) is 21.1 Å². The number of nitrogens with zero attached hydrogens (tertiary/aromatic N) is 3. The highest BCUT2D eigenvalue weighted by molar-refractivity contribution is 6.32. The molecular formula is C17H11ClFN3O5. The quantitative estimate of drug-likeness (QED) is 0.361. The van der Waals surface area contributed by atoms with Crippen molar-refractivity contribution in [3.05, 3.63) is 74.9 Å². The van der Waals surface area contributed by atoms with Crippen molar-refractivity contribution in [3.63, 3.8) is 0 Å². The normalized spacial score (nSPS) is 11.8. The molecule has 0 fully saturated rings. The van der Waals surface area contributed by atoms with Crippen molar-refractivity contribution in [1.82, 2.24) is 10.2 Å². The average Bonchev–Trinajstić information content (AvgIpc) is 3.12. The fourth-order valence-electron chi connectivity index (χ4n) is 2.17. The van der Waals surface area contributed by atoms with Crippen LogP contribution in [0.1, 0.15) is 29.3 Å². The Morgan fingerprint density at radius 2 is 1.96 bits per heavy atom. The number of esters is 1. The maximum absolute atomic E-state index is 13.0. The molecule has 0 spiro atoms. The van der Waals surface area contributed by atoms with Gasteiger partial charge in [0, 0.05) is 11.6 Å². The minimum absolute atomic E-state index is 0.0196. The van der Waals surface area contributed by atoms with Crippen LogP contribution < -0.4 is 0 Å². The second kappa shape index (κ2) is 7.50. The number of rotatable bonds is 5. The lowest BCUT2D eigenvalue weighted by atomic mass is 10.2. The lowest BCUT2D eigenvalue weighted by molar-refractivity contribution is -0.384. The number of aromatic nitrogens is 2. The largest absolute Gasteiger partial charge is 0.449 e. The van der Waals surface area contributed by atoms with E-state index in [1.54, 1.807) is 0 Å². The molecule has 3 rings (SSSR count). The van der Waals surface area contributed by atoms with Crippen LogP contribution in [0.25, 0.3) is 11.5 Å². The molecule has 0 unspecified atom stereocenters. The fourth-order valence-corrected chi connectivity index (χ4v) is 2.35. The molecule has 27 heavy (non-hydrogen) atoms. The molecule has 0 amide bonds. The van der Waals surface area contributed by atoms with Gasteiger partial charge in [-0.3, -0.25) is 10.1 Å². The van der Waals surface area contributed by atoms with Crippen LogP contribution in [0.4, 0.5) is 10.1 Å². The van der Waals surface area contributed by atoms with Crippen LogP contribution in [0.2, 0.25) is 5.02 Å². The summed E-state index contributed by atoms with van der Waals surface area (Å²) in [5.74, 6) is -1.07. The van der Waals surface area contributed by atoms with Crippen molar-refractivity contribution in [3.8, 4) is 11.5 Å². The third-order valence-electron chi connectivity index (χ3n) is 3.54. The molecule has 0 aliphatic rings. The smallest absolute Gasteiger partial charge is 0.339 e. The topological polar surface area (TPSA) is 108 Å². The first-order valence-electron chi connectivity index (χ1n) is 7.59. The predicted molar refractivity (Wildman–Crippen MR) is 91.6 cm³/mol. The Hall–Kier alpha value is -3.33. The molecule has 0 radical (unpaired) electrons. The average molecular weight is 392 g/mol. The molecule has 138 valence electrons. The van der Waals surface area contributed by atoms with E-state index in [-0.39, 0.29) is 22.4 Å². The molecule has 0 saturated heterocycles. The standard InChI is InChI=1S/C17H11ClFN3O5/c1-9(15-20-21-16(27-15)10-2-5-12(19)6-3-10)26-17(23)11-4-7-13(18)14(8-11)22(24)25/h2-9H,1H3/t9-/m0/s1. The molecule has 0 saturated carbocycles. The molecule has 1 heterocycles. The first-order valence-corrected chi connectivity index (χ1v) is 7.97. The molecular weight excluding hydrogens is 381 g/mol. The number of carbonyl (C=O) groups is 1. The van der Waals surface area contributed by atoms with Crippen LogP contribution in [0.3, 0.4) is 0 Å². The number of hydrogen-bond donors (Lipinski definition) is 0. The highest BCUT2D eigenvalue weighted by Crippen LogP contribution is 2.27. The number of nitro benzene ring substituents is 1. The Labute approximate surface area is 156 Å². The van der Waals surface area contributed by atoms with E-state index >= 15 is 0 Å². The molecule has 0 aliphatic heterocycles. The highest BCUT2D eigenvalue weighted by Gasteiger charge is 2.22. The molecule has 1 aromatic heterocycles. The molecule has 8 nitrogen and oxygen atoms in total. The van der Waals surface area contributed by atoms with Crippen LogP contribution in [0, 0.1) is 15.9 Å². The van der Waals surface area contributed by atoms with E-state index in [1.165, 1.54) is 43.3 Å². The summed E-state index contributed by atoms with van der Waals surface area (Å²) in [6, 6.07) is 9.00. The molecule has 3 aromatic rings. The number of carbonyl (C=O) groups excluding carboxylic acids is 1. The first kappa shape index (κ1) is 18.5. The summed E-state index contributed by atoms with van der Waals surface area (Å²) in [5, 5.41) is 18.5. The maximum atomic E-state index is 13.0. The third-order valence-corrected chi connectivity index (χ3v) is 3.86. The predicted octanol–water partition coefficient (Wildman–Crippen LogP) is 4.36. The molecule has 0 N–H and O–H groups in total. The lowest BCUT2D eigenvalue weighted by Gasteiger charge is -2.09. The van der Waals surface area contributed by atoms with Gasteiger partial charge in [0.1, 0.15) is 10.8 Å². The van der Waals surface area contributed by atoms with Crippen LogP contribution >= 0.6 is 11.6 Å². The summed E-state index contributed by atoms with van der Waals surface area (Å²) in [7, 11) is 0. The van der Waals surface area contributed by atoms with Gasteiger partial charge in [0.05, 0.1) is 10.5 Å². The molecule has 1 atom stereocenters. The highest BCUT2D eigenvalue weighted by atomic mass is 35.5. The SMILES string of the molecule is C[C@H](OC(=O)c1ccc(Cl)c([N+](=O)[O-])c1)c1nnc(-c2ccc(F)cc2)o1. The molecule has 10 heteroatoms. The second-order valence-electron chi connectivity index (χ2n) is 5.42. The zero-order chi connectivity index (χ0) is 19.6. The Kier molecular flexibility index (Phi) is 5.13. The van der Waals surface area contributed by atoms with Crippen molar-refractivity contribution in [2.45, 2.75) is 13.0 Å². The summed E-state index contributed by atoms with van der Waals surface area (Å²) in [4.78, 5) is 22.4. The fraction of sp³-hybridized carbons (Fsp3) is 0.118. The van der Waals surface area contributed by atoms with Gasteiger partial charge in [-0.2, -0.15) is 0 Å². The Morgan fingerprint density at radius 3 is 2.63 bits per heavy atom. The Balaban J connectivity index is 1.75. The van der Waals surface area contributed by atoms with E-state index < -0.39 is 28.5 Å².